The normalized spacial score (nSPS) is 12.8. The molecule has 1 aromatic heterocycles. The van der Waals surface area contributed by atoms with E-state index in [2.05, 4.69) is 265 Å². The minimum atomic E-state index is -0.180. The number of furan rings is 1. The van der Waals surface area contributed by atoms with Crippen molar-refractivity contribution in [1.29, 1.82) is 0 Å². The fraction of sp³-hybridized carbons (Fsp3) is 0.138. The Kier molecular flexibility index (Phi) is 9.97. The first-order valence-corrected chi connectivity index (χ1v) is 24.4. The zero-order chi connectivity index (χ0) is 47.2. The van der Waals surface area contributed by atoms with Crippen molar-refractivity contribution in [1.82, 2.24) is 0 Å². The second-order valence-corrected chi connectivity index (χ2v) is 21.0. The molecule has 0 atom stereocenters. The van der Waals surface area contributed by atoms with Crippen LogP contribution in [0.2, 0.25) is 0 Å². The highest BCUT2D eigenvalue weighted by Crippen LogP contribution is 2.49. The molecule has 0 aliphatic carbocycles. The predicted molar refractivity (Wildman–Crippen MR) is 294 cm³/mol. The summed E-state index contributed by atoms with van der Waals surface area (Å²) >= 11 is 0. The molecule has 334 valence electrons. The van der Waals surface area contributed by atoms with Crippen molar-refractivity contribution in [3.63, 3.8) is 0 Å². The third kappa shape index (κ3) is 7.12. The minimum Gasteiger partial charge on any atom is -0.469 e. The Morgan fingerprint density at radius 1 is 0.464 bits per heavy atom. The van der Waals surface area contributed by atoms with Crippen LogP contribution in [0.4, 0.5) is 34.1 Å². The molecule has 0 spiro atoms. The van der Waals surface area contributed by atoms with Crippen molar-refractivity contribution >= 4 is 68.2 Å². The van der Waals surface area contributed by atoms with Crippen LogP contribution in [0.5, 0.6) is 0 Å². The van der Waals surface area contributed by atoms with E-state index >= 15 is 0 Å². The third-order valence-electron chi connectivity index (χ3n) is 14.4. The fourth-order valence-corrected chi connectivity index (χ4v) is 11.0. The van der Waals surface area contributed by atoms with E-state index in [1.165, 1.54) is 49.8 Å². The number of fused-ring (bicyclic) bond motifs is 4. The lowest BCUT2D eigenvalue weighted by molar-refractivity contribution is 0.569. The van der Waals surface area contributed by atoms with Gasteiger partial charge in [0, 0.05) is 50.5 Å². The van der Waals surface area contributed by atoms with Gasteiger partial charge in [-0.05, 0) is 133 Å². The van der Waals surface area contributed by atoms with E-state index in [9.17, 15) is 0 Å². The quantitative estimate of drug-likeness (QED) is 0.149. The van der Waals surface area contributed by atoms with Gasteiger partial charge in [0.2, 0.25) is 0 Å². The van der Waals surface area contributed by atoms with E-state index in [1.54, 1.807) is 0 Å². The smallest absolute Gasteiger partial charge is 0.293 e. The van der Waals surface area contributed by atoms with Crippen LogP contribution in [0, 0.1) is 6.92 Å². The number of rotatable bonds is 7. The molecule has 3 heterocycles. The van der Waals surface area contributed by atoms with E-state index in [4.69, 9.17) is 4.42 Å². The molecule has 0 radical (unpaired) electrons. The number of anilines is 6. The van der Waals surface area contributed by atoms with E-state index in [0.29, 0.717) is 0 Å². The summed E-state index contributed by atoms with van der Waals surface area (Å²) in [5.41, 5.74) is 22.1. The standard InChI is InChI=1S/C65H55BN2O/c1-42-36-55-53-32-21-33-54-60(53)63(69-62(54)59-51(43-22-12-8-13-23-43)30-20-31-52(59)44-24-14-9-15-25-44)66-56-35-34-49(67(47-26-16-10-17-27-47)48-28-18-11-19-29-48)41-57(56)68(58(37-42)61(55)66)50-39-45(64(2,3)4)38-46(40-50)65(5,6)7/h8-41H,1-7H3. The number of nitrogens with zero attached hydrogens (tertiary/aromatic N) is 2. The molecule has 69 heavy (non-hydrogen) atoms. The van der Waals surface area contributed by atoms with Crippen LogP contribution in [-0.2, 0) is 10.8 Å². The Labute approximate surface area is 407 Å². The maximum atomic E-state index is 7.75. The minimum absolute atomic E-state index is 0.0772. The summed E-state index contributed by atoms with van der Waals surface area (Å²) in [5, 5.41) is 2.32. The van der Waals surface area contributed by atoms with E-state index < -0.39 is 0 Å². The average molecular weight is 891 g/mol. The molecule has 0 amide bonds. The largest absolute Gasteiger partial charge is 0.469 e. The average Bonchev–Trinajstić information content (AvgIpc) is 3.75. The summed E-state index contributed by atoms with van der Waals surface area (Å²) in [7, 11) is 0. The molecular weight excluding hydrogens is 836 g/mol. The second kappa shape index (κ2) is 16.2. The summed E-state index contributed by atoms with van der Waals surface area (Å²) in [6.45, 7) is 16.1. The van der Waals surface area contributed by atoms with Gasteiger partial charge < -0.3 is 14.2 Å². The first kappa shape index (κ1) is 42.5. The highest BCUT2D eigenvalue weighted by molar-refractivity contribution is 7.00. The number of hydrogen-bond acceptors (Lipinski definition) is 3. The first-order valence-electron chi connectivity index (χ1n) is 24.4. The Morgan fingerprint density at radius 2 is 1.00 bits per heavy atom. The van der Waals surface area contributed by atoms with E-state index in [1.807, 2.05) is 0 Å². The highest BCUT2D eigenvalue weighted by Gasteiger charge is 2.45. The van der Waals surface area contributed by atoms with Crippen LogP contribution in [-0.4, -0.2) is 6.71 Å². The molecule has 12 rings (SSSR count). The zero-order valence-electron chi connectivity index (χ0n) is 40.5. The highest BCUT2D eigenvalue weighted by atomic mass is 16.3. The van der Waals surface area contributed by atoms with Gasteiger partial charge in [0.05, 0.1) is 5.66 Å². The second-order valence-electron chi connectivity index (χ2n) is 21.0. The topological polar surface area (TPSA) is 19.6 Å². The molecule has 0 N–H and O–H groups in total. The lowest BCUT2D eigenvalue weighted by Crippen LogP contribution is -2.59. The molecule has 3 nitrogen and oxygen atoms in total. The maximum Gasteiger partial charge on any atom is 0.293 e. The van der Waals surface area contributed by atoms with Gasteiger partial charge in [-0.1, -0.05) is 193 Å². The molecule has 9 aromatic carbocycles. The van der Waals surface area contributed by atoms with Crippen molar-refractivity contribution < 1.29 is 4.42 Å². The molecule has 0 fully saturated rings. The molecule has 2 aliphatic rings. The molecule has 10 aromatic rings. The molecule has 0 bridgehead atoms. The first-order chi connectivity index (χ1) is 33.4. The SMILES string of the molecule is Cc1cc2c3c(c1)N(c1cc(C(C)(C)C)cc(C(C)(C)C)c1)c1cc(N(c4ccccc4)c4ccccc4)ccc1B3c1oc(-c3c(-c4ccccc4)cccc3-c3ccccc3)c3cccc-2c13. The molecule has 4 heteroatoms. The van der Waals surface area contributed by atoms with Gasteiger partial charge in [-0.3, -0.25) is 0 Å². The Hall–Kier alpha value is -7.82. The summed E-state index contributed by atoms with van der Waals surface area (Å²) in [4.78, 5) is 4.96. The maximum absolute atomic E-state index is 7.75. The zero-order valence-corrected chi connectivity index (χ0v) is 40.5. The number of aryl methyl sites for hydroxylation is 1. The van der Waals surface area contributed by atoms with Crippen LogP contribution >= 0.6 is 0 Å². The van der Waals surface area contributed by atoms with Gasteiger partial charge >= 0.3 is 0 Å². The Balaban J connectivity index is 1.18. The van der Waals surface area contributed by atoms with Crippen molar-refractivity contribution in [2.75, 3.05) is 9.80 Å². The summed E-state index contributed by atoms with van der Waals surface area (Å²) < 4.78 is 7.75. The molecule has 0 saturated carbocycles. The van der Waals surface area contributed by atoms with Crippen LogP contribution in [0.25, 0.3) is 55.5 Å². The van der Waals surface area contributed by atoms with Gasteiger partial charge in [0.1, 0.15) is 5.76 Å². The van der Waals surface area contributed by atoms with Gasteiger partial charge in [0.25, 0.3) is 6.71 Å². The summed E-state index contributed by atoms with van der Waals surface area (Å²) in [6.07, 6.45) is 0. The fourth-order valence-electron chi connectivity index (χ4n) is 11.0. The van der Waals surface area contributed by atoms with E-state index in [-0.39, 0.29) is 17.5 Å². The van der Waals surface area contributed by atoms with Crippen LogP contribution in [0.1, 0.15) is 58.2 Å². The lowest BCUT2D eigenvalue weighted by atomic mass is 9.34. The van der Waals surface area contributed by atoms with Crippen molar-refractivity contribution in [2.45, 2.75) is 59.3 Å². The van der Waals surface area contributed by atoms with Crippen molar-refractivity contribution in [3.8, 4) is 44.7 Å². The van der Waals surface area contributed by atoms with Gasteiger partial charge in [-0.15, -0.1) is 0 Å². The molecule has 0 unspecified atom stereocenters. The number of para-hydroxylation sites is 2. The summed E-state index contributed by atoms with van der Waals surface area (Å²) in [6, 6.07) is 75.9. The van der Waals surface area contributed by atoms with Crippen molar-refractivity contribution in [3.05, 3.63) is 223 Å². The molecule has 2 aliphatic heterocycles. The van der Waals surface area contributed by atoms with Crippen molar-refractivity contribution in [2.24, 2.45) is 0 Å². The van der Waals surface area contributed by atoms with Gasteiger partial charge in [-0.25, -0.2) is 0 Å². The van der Waals surface area contributed by atoms with Crippen LogP contribution < -0.4 is 26.4 Å². The molecular formula is C65H55BN2O. The summed E-state index contributed by atoms with van der Waals surface area (Å²) in [5.74, 6) is 0.902. The van der Waals surface area contributed by atoms with E-state index in [0.717, 1.165) is 73.1 Å². The lowest BCUT2D eigenvalue weighted by Gasteiger charge is -2.41. The monoisotopic (exact) mass is 890 g/mol. The Morgan fingerprint density at radius 3 is 1.57 bits per heavy atom. The predicted octanol–water partition coefficient (Wildman–Crippen LogP) is 16.1. The number of benzene rings is 9. The number of hydrogen-bond donors (Lipinski definition) is 0. The molecule has 0 saturated heterocycles. The Bertz CT molecular complexity index is 3450. The van der Waals surface area contributed by atoms with Crippen LogP contribution in [0.15, 0.2) is 211 Å². The van der Waals surface area contributed by atoms with Gasteiger partial charge in [-0.2, -0.15) is 0 Å². The third-order valence-corrected chi connectivity index (χ3v) is 14.4. The van der Waals surface area contributed by atoms with Crippen LogP contribution in [0.3, 0.4) is 0 Å². The van der Waals surface area contributed by atoms with Gasteiger partial charge in [0.15, 0.2) is 0 Å².